The Hall–Kier alpha value is -1.25. The first-order valence-electron chi connectivity index (χ1n) is 10.6. The molecule has 1 fully saturated rings. The van der Waals surface area contributed by atoms with Crippen LogP contribution in [-0.4, -0.2) is 40.6 Å². The predicted molar refractivity (Wildman–Crippen MR) is 116 cm³/mol. The number of esters is 1. The summed E-state index contributed by atoms with van der Waals surface area (Å²) in [6.07, 6.45) is 17.0. The van der Waals surface area contributed by atoms with Crippen LogP contribution >= 0.6 is 11.8 Å². The molecule has 0 aromatic carbocycles. The number of carbonyl (C=O) groups excluding carboxylic acids is 2. The maximum atomic E-state index is 12.2. The Morgan fingerprint density at radius 2 is 2.18 bits per heavy atom. The first-order chi connectivity index (χ1) is 13.5. The Bertz CT molecular complexity index is 551. The second-order valence-electron chi connectivity index (χ2n) is 7.54. The molecule has 0 aliphatic heterocycles. The average molecular weight is 409 g/mol. The van der Waals surface area contributed by atoms with Crippen LogP contribution in [0.4, 0.5) is 0 Å². The van der Waals surface area contributed by atoms with Crippen LogP contribution in [0.5, 0.6) is 0 Å². The van der Waals surface area contributed by atoms with Crippen molar-refractivity contribution in [1.82, 2.24) is 0 Å². The summed E-state index contributed by atoms with van der Waals surface area (Å²) in [5, 5.41) is 10.4. The lowest BCUT2D eigenvalue weighted by Crippen LogP contribution is -2.25. The maximum absolute atomic E-state index is 12.2. The number of unbranched alkanes of at least 4 members (excludes halogenated alkanes) is 2. The standard InChI is InChI=1S/C23H36O4S/c1-4-7-15-23(26,5-2)16-10-11-19-13-14-21(24)20(19)12-8-9-17-28-18-22(25)27-6-3/h2,10-11,19-20,26H,4,6-9,12-18H2,1,3H3/t19-,20+,23?/m0/s1. The minimum absolute atomic E-state index is 0.0841. The van der Waals surface area contributed by atoms with Crippen LogP contribution in [0.2, 0.25) is 0 Å². The molecule has 0 spiro atoms. The number of hydrogen-bond acceptors (Lipinski definition) is 5. The predicted octanol–water partition coefficient (Wildman–Crippen LogP) is 4.55. The summed E-state index contributed by atoms with van der Waals surface area (Å²) < 4.78 is 4.91. The van der Waals surface area contributed by atoms with Crippen molar-refractivity contribution in [1.29, 1.82) is 0 Å². The fourth-order valence-electron chi connectivity index (χ4n) is 3.61. The van der Waals surface area contributed by atoms with Crippen LogP contribution in [-0.2, 0) is 14.3 Å². The molecule has 0 heterocycles. The van der Waals surface area contributed by atoms with Gasteiger partial charge in [-0.3, -0.25) is 9.59 Å². The van der Waals surface area contributed by atoms with Crippen molar-refractivity contribution in [3.63, 3.8) is 0 Å². The molecule has 1 unspecified atom stereocenters. The second-order valence-corrected chi connectivity index (χ2v) is 8.65. The van der Waals surface area contributed by atoms with Gasteiger partial charge in [-0.25, -0.2) is 0 Å². The van der Waals surface area contributed by atoms with Gasteiger partial charge in [0.25, 0.3) is 0 Å². The minimum Gasteiger partial charge on any atom is -0.465 e. The van der Waals surface area contributed by atoms with E-state index >= 15 is 0 Å². The summed E-state index contributed by atoms with van der Waals surface area (Å²) in [6.45, 7) is 4.32. The van der Waals surface area contributed by atoms with E-state index in [-0.39, 0.29) is 17.8 Å². The third-order valence-corrected chi connectivity index (χ3v) is 6.30. The van der Waals surface area contributed by atoms with Gasteiger partial charge in [-0.05, 0) is 50.7 Å². The number of hydrogen-bond donors (Lipinski definition) is 1. The second kappa shape index (κ2) is 13.8. The fraction of sp³-hybridized carbons (Fsp3) is 0.739. The SMILES string of the molecule is C#CC(O)(CC=C[C@H]1CCC(=O)[C@@H]1CCCCSCC(=O)OCC)CCCC. The van der Waals surface area contributed by atoms with E-state index in [1.54, 1.807) is 11.8 Å². The zero-order chi connectivity index (χ0) is 20.8. The molecule has 158 valence electrons. The van der Waals surface area contributed by atoms with E-state index < -0.39 is 5.60 Å². The van der Waals surface area contributed by atoms with Gasteiger partial charge in [0.1, 0.15) is 11.4 Å². The van der Waals surface area contributed by atoms with Crippen molar-refractivity contribution in [2.75, 3.05) is 18.1 Å². The van der Waals surface area contributed by atoms with Crippen molar-refractivity contribution in [3.8, 4) is 12.3 Å². The maximum Gasteiger partial charge on any atom is 0.315 e. The normalized spacial score (nSPS) is 21.6. The first kappa shape index (κ1) is 24.8. The van der Waals surface area contributed by atoms with E-state index in [1.807, 2.05) is 13.0 Å². The molecule has 0 amide bonds. The van der Waals surface area contributed by atoms with Crippen molar-refractivity contribution in [3.05, 3.63) is 12.2 Å². The van der Waals surface area contributed by atoms with Gasteiger partial charge in [-0.1, -0.05) is 37.8 Å². The highest BCUT2D eigenvalue weighted by molar-refractivity contribution is 7.99. The summed E-state index contributed by atoms with van der Waals surface area (Å²) in [6, 6.07) is 0. The lowest BCUT2D eigenvalue weighted by atomic mass is 9.88. The molecule has 3 atom stereocenters. The molecule has 5 heteroatoms. The lowest BCUT2D eigenvalue weighted by Gasteiger charge is -2.20. The molecule has 4 nitrogen and oxygen atoms in total. The summed E-state index contributed by atoms with van der Waals surface area (Å²) in [5.41, 5.74) is -1.07. The molecular formula is C23H36O4S. The van der Waals surface area contributed by atoms with Gasteiger partial charge in [0.05, 0.1) is 12.4 Å². The number of thioether (sulfide) groups is 1. The topological polar surface area (TPSA) is 63.6 Å². The number of aliphatic hydroxyl groups is 1. The average Bonchev–Trinajstić information content (AvgIpc) is 3.03. The third kappa shape index (κ3) is 9.30. The van der Waals surface area contributed by atoms with E-state index in [2.05, 4.69) is 18.9 Å². The summed E-state index contributed by atoms with van der Waals surface area (Å²) in [4.78, 5) is 23.5. The van der Waals surface area contributed by atoms with Crippen LogP contribution in [0.15, 0.2) is 12.2 Å². The quantitative estimate of drug-likeness (QED) is 0.198. The van der Waals surface area contributed by atoms with Gasteiger partial charge in [-0.15, -0.1) is 6.42 Å². The first-order valence-corrected chi connectivity index (χ1v) is 11.7. The molecule has 1 saturated carbocycles. The number of ether oxygens (including phenoxy) is 1. The summed E-state index contributed by atoms with van der Waals surface area (Å²) >= 11 is 1.59. The Morgan fingerprint density at radius 3 is 2.86 bits per heavy atom. The van der Waals surface area contributed by atoms with Crippen molar-refractivity contribution in [2.45, 2.75) is 77.2 Å². The van der Waals surface area contributed by atoms with Gasteiger partial charge in [-0.2, -0.15) is 11.8 Å². The van der Waals surface area contributed by atoms with Crippen LogP contribution in [0.3, 0.4) is 0 Å². The molecule has 0 aromatic heterocycles. The largest absolute Gasteiger partial charge is 0.465 e. The molecule has 0 saturated heterocycles. The Kier molecular flexibility index (Phi) is 12.3. The molecular weight excluding hydrogens is 372 g/mol. The van der Waals surface area contributed by atoms with Crippen LogP contribution in [0, 0.1) is 24.2 Å². The fourth-order valence-corrected chi connectivity index (χ4v) is 4.41. The smallest absolute Gasteiger partial charge is 0.315 e. The molecule has 0 radical (unpaired) electrons. The summed E-state index contributed by atoms with van der Waals surface area (Å²) in [5.74, 6) is 4.38. The molecule has 0 aromatic rings. The number of terminal acetylenes is 1. The lowest BCUT2D eigenvalue weighted by molar-refractivity contribution is -0.139. The van der Waals surface area contributed by atoms with Crippen molar-refractivity contribution in [2.24, 2.45) is 11.8 Å². The minimum atomic E-state index is -1.07. The summed E-state index contributed by atoms with van der Waals surface area (Å²) in [7, 11) is 0. The number of carbonyl (C=O) groups is 2. The van der Waals surface area contributed by atoms with Gasteiger partial charge in [0.15, 0.2) is 0 Å². The Balaban J connectivity index is 2.36. The van der Waals surface area contributed by atoms with Crippen molar-refractivity contribution >= 4 is 23.5 Å². The number of allylic oxidation sites excluding steroid dienone is 1. The van der Waals surface area contributed by atoms with E-state index in [4.69, 9.17) is 11.2 Å². The molecule has 0 bridgehead atoms. The van der Waals surface area contributed by atoms with Crippen LogP contribution in [0.1, 0.15) is 71.6 Å². The molecule has 1 aliphatic rings. The highest BCUT2D eigenvalue weighted by Gasteiger charge is 2.32. The van der Waals surface area contributed by atoms with Crippen molar-refractivity contribution < 1.29 is 19.4 Å². The number of rotatable bonds is 14. The van der Waals surface area contributed by atoms with Gasteiger partial charge >= 0.3 is 5.97 Å². The Morgan fingerprint density at radius 1 is 1.39 bits per heavy atom. The van der Waals surface area contributed by atoms with Gasteiger partial charge in [0.2, 0.25) is 0 Å². The van der Waals surface area contributed by atoms with E-state index in [0.29, 0.717) is 37.4 Å². The Labute approximate surface area is 174 Å². The molecule has 1 aliphatic carbocycles. The van der Waals surface area contributed by atoms with E-state index in [0.717, 1.165) is 44.3 Å². The molecule has 1 rings (SSSR count). The van der Waals surface area contributed by atoms with Crippen LogP contribution < -0.4 is 0 Å². The number of Topliss-reactive ketones (excluding diaryl/α,β-unsaturated/α-hetero) is 1. The van der Waals surface area contributed by atoms with E-state index in [9.17, 15) is 14.7 Å². The molecule has 1 N–H and O–H groups in total. The zero-order valence-corrected chi connectivity index (χ0v) is 18.3. The molecule has 28 heavy (non-hydrogen) atoms. The van der Waals surface area contributed by atoms with Gasteiger partial charge < -0.3 is 9.84 Å². The monoisotopic (exact) mass is 408 g/mol. The zero-order valence-electron chi connectivity index (χ0n) is 17.5. The highest BCUT2D eigenvalue weighted by Crippen LogP contribution is 2.34. The van der Waals surface area contributed by atoms with Crippen LogP contribution in [0.25, 0.3) is 0 Å². The number of ketones is 1. The third-order valence-electron chi connectivity index (χ3n) is 5.28. The highest BCUT2D eigenvalue weighted by atomic mass is 32.2. The van der Waals surface area contributed by atoms with E-state index in [1.165, 1.54) is 0 Å². The van der Waals surface area contributed by atoms with Gasteiger partial charge in [0, 0.05) is 18.8 Å².